The zero-order valence-electron chi connectivity index (χ0n) is 11.0. The molecule has 0 radical (unpaired) electrons. The van der Waals surface area contributed by atoms with E-state index in [1.54, 1.807) is 0 Å². The number of rotatable bonds is 7. The molecular formula is C14H21BrN2O. The van der Waals surface area contributed by atoms with Gasteiger partial charge in [-0.15, -0.1) is 0 Å². The van der Waals surface area contributed by atoms with E-state index in [9.17, 15) is 0 Å². The fraction of sp³-hybridized carbons (Fsp3) is 0.500. The standard InChI is InChI=1S/C14H21BrN2O/c1-14(2,13(16)17)8-3-4-9-18-12-7-5-6-11(15)10-12/h5-7,10H,3-4,8-9H2,1-2H3,(H3,16,17). The molecule has 0 atom stereocenters. The summed E-state index contributed by atoms with van der Waals surface area (Å²) >= 11 is 3.41. The van der Waals surface area contributed by atoms with E-state index >= 15 is 0 Å². The fourth-order valence-corrected chi connectivity index (χ4v) is 1.93. The topological polar surface area (TPSA) is 59.1 Å². The third kappa shape index (κ3) is 5.08. The van der Waals surface area contributed by atoms with Gasteiger partial charge in [-0.1, -0.05) is 35.8 Å². The second-order valence-electron chi connectivity index (χ2n) is 5.06. The normalized spacial score (nSPS) is 11.3. The first-order valence-corrected chi connectivity index (χ1v) is 6.94. The summed E-state index contributed by atoms with van der Waals surface area (Å²) in [5.74, 6) is 1.14. The summed E-state index contributed by atoms with van der Waals surface area (Å²) in [6.45, 7) is 4.71. The fourth-order valence-electron chi connectivity index (χ4n) is 1.55. The lowest BCUT2D eigenvalue weighted by Crippen LogP contribution is -2.30. The van der Waals surface area contributed by atoms with Crippen molar-refractivity contribution in [3.8, 4) is 5.75 Å². The Morgan fingerprint density at radius 2 is 2.11 bits per heavy atom. The Balaban J connectivity index is 2.22. The molecule has 0 saturated carbocycles. The second-order valence-corrected chi connectivity index (χ2v) is 5.98. The average Bonchev–Trinajstić information content (AvgIpc) is 2.28. The number of nitrogens with two attached hydrogens (primary N) is 1. The van der Waals surface area contributed by atoms with E-state index in [2.05, 4.69) is 15.9 Å². The summed E-state index contributed by atoms with van der Waals surface area (Å²) in [6.07, 6.45) is 2.91. The summed E-state index contributed by atoms with van der Waals surface area (Å²) in [5.41, 5.74) is 5.34. The van der Waals surface area contributed by atoms with Gasteiger partial charge < -0.3 is 10.5 Å². The predicted octanol–water partition coefficient (Wildman–Crippen LogP) is 3.96. The summed E-state index contributed by atoms with van der Waals surface area (Å²) in [5, 5.41) is 7.48. The lowest BCUT2D eigenvalue weighted by molar-refractivity contribution is 0.296. The molecule has 100 valence electrons. The maximum absolute atomic E-state index is 7.48. The summed E-state index contributed by atoms with van der Waals surface area (Å²) < 4.78 is 6.67. The third-order valence-corrected chi connectivity index (χ3v) is 3.48. The number of unbranched alkanes of at least 4 members (excludes halogenated alkanes) is 1. The molecule has 0 aliphatic heterocycles. The minimum absolute atomic E-state index is 0.199. The molecule has 1 aromatic rings. The van der Waals surface area contributed by atoms with Crippen LogP contribution in [0.4, 0.5) is 0 Å². The Kier molecular flexibility index (Phi) is 5.66. The van der Waals surface area contributed by atoms with Gasteiger partial charge in [0.1, 0.15) is 5.75 Å². The number of amidine groups is 1. The van der Waals surface area contributed by atoms with Crippen molar-refractivity contribution in [2.45, 2.75) is 33.1 Å². The molecule has 1 rings (SSSR count). The Bertz CT molecular complexity index is 405. The van der Waals surface area contributed by atoms with Crippen LogP contribution < -0.4 is 10.5 Å². The molecule has 0 heterocycles. The van der Waals surface area contributed by atoms with Crippen molar-refractivity contribution in [1.29, 1.82) is 5.41 Å². The van der Waals surface area contributed by atoms with E-state index in [0.717, 1.165) is 29.5 Å². The van der Waals surface area contributed by atoms with Gasteiger partial charge in [0.25, 0.3) is 0 Å². The van der Waals surface area contributed by atoms with Crippen molar-refractivity contribution >= 4 is 21.8 Å². The quantitative estimate of drug-likeness (QED) is 0.455. The van der Waals surface area contributed by atoms with Crippen molar-refractivity contribution in [2.24, 2.45) is 11.1 Å². The molecule has 0 spiro atoms. The highest BCUT2D eigenvalue weighted by atomic mass is 79.9. The molecular weight excluding hydrogens is 292 g/mol. The van der Waals surface area contributed by atoms with Crippen LogP contribution in [0, 0.1) is 10.8 Å². The van der Waals surface area contributed by atoms with Gasteiger partial charge in [-0.2, -0.15) is 0 Å². The maximum Gasteiger partial charge on any atom is 0.120 e. The van der Waals surface area contributed by atoms with Gasteiger partial charge in [-0.25, -0.2) is 0 Å². The van der Waals surface area contributed by atoms with E-state index in [1.807, 2.05) is 38.1 Å². The van der Waals surface area contributed by atoms with Crippen molar-refractivity contribution in [3.63, 3.8) is 0 Å². The number of hydrogen-bond donors (Lipinski definition) is 2. The second kappa shape index (κ2) is 6.78. The number of halogens is 1. The lowest BCUT2D eigenvalue weighted by Gasteiger charge is -2.22. The van der Waals surface area contributed by atoms with E-state index in [1.165, 1.54) is 0 Å². The number of benzene rings is 1. The van der Waals surface area contributed by atoms with Crippen molar-refractivity contribution < 1.29 is 4.74 Å². The highest BCUT2D eigenvalue weighted by Gasteiger charge is 2.20. The molecule has 0 aliphatic rings. The van der Waals surface area contributed by atoms with Crippen LogP contribution in [-0.4, -0.2) is 12.4 Å². The molecule has 4 heteroatoms. The van der Waals surface area contributed by atoms with Gasteiger partial charge in [0.05, 0.1) is 12.4 Å². The molecule has 1 aromatic carbocycles. The minimum atomic E-state index is -0.199. The Hall–Kier alpha value is -1.03. The van der Waals surface area contributed by atoms with E-state index < -0.39 is 0 Å². The van der Waals surface area contributed by atoms with Crippen molar-refractivity contribution in [3.05, 3.63) is 28.7 Å². The summed E-state index contributed by atoms with van der Waals surface area (Å²) in [4.78, 5) is 0. The highest BCUT2D eigenvalue weighted by Crippen LogP contribution is 2.23. The van der Waals surface area contributed by atoms with Gasteiger partial charge in [0.15, 0.2) is 0 Å². The van der Waals surface area contributed by atoms with Crippen LogP contribution in [-0.2, 0) is 0 Å². The molecule has 0 saturated heterocycles. The van der Waals surface area contributed by atoms with Crippen LogP contribution in [0.1, 0.15) is 33.1 Å². The van der Waals surface area contributed by atoms with Gasteiger partial charge in [0.2, 0.25) is 0 Å². The average molecular weight is 313 g/mol. The zero-order chi connectivity index (χ0) is 13.6. The third-order valence-electron chi connectivity index (χ3n) is 2.99. The van der Waals surface area contributed by atoms with Gasteiger partial charge in [-0.05, 0) is 37.5 Å². The van der Waals surface area contributed by atoms with Crippen LogP contribution in [0.5, 0.6) is 5.75 Å². The smallest absolute Gasteiger partial charge is 0.120 e. The molecule has 0 amide bonds. The summed E-state index contributed by atoms with van der Waals surface area (Å²) in [6, 6.07) is 7.84. The highest BCUT2D eigenvalue weighted by molar-refractivity contribution is 9.10. The molecule has 3 nitrogen and oxygen atoms in total. The van der Waals surface area contributed by atoms with E-state index in [0.29, 0.717) is 6.61 Å². The Labute approximate surface area is 117 Å². The van der Waals surface area contributed by atoms with E-state index in [4.69, 9.17) is 15.9 Å². The van der Waals surface area contributed by atoms with Crippen LogP contribution in [0.25, 0.3) is 0 Å². The minimum Gasteiger partial charge on any atom is -0.494 e. The number of ether oxygens (including phenoxy) is 1. The molecule has 0 aromatic heterocycles. The van der Waals surface area contributed by atoms with Gasteiger partial charge in [0, 0.05) is 9.89 Å². The lowest BCUT2D eigenvalue weighted by atomic mass is 9.86. The first-order chi connectivity index (χ1) is 8.42. The molecule has 0 fully saturated rings. The Morgan fingerprint density at radius 3 is 2.72 bits per heavy atom. The first kappa shape index (κ1) is 15.0. The molecule has 3 N–H and O–H groups in total. The molecule has 0 aliphatic carbocycles. The van der Waals surface area contributed by atoms with Crippen molar-refractivity contribution in [1.82, 2.24) is 0 Å². The molecule has 18 heavy (non-hydrogen) atoms. The number of hydrogen-bond acceptors (Lipinski definition) is 2. The van der Waals surface area contributed by atoms with Crippen molar-refractivity contribution in [2.75, 3.05) is 6.61 Å². The Morgan fingerprint density at radius 1 is 1.39 bits per heavy atom. The largest absolute Gasteiger partial charge is 0.494 e. The maximum atomic E-state index is 7.48. The SMILES string of the molecule is CC(C)(CCCCOc1cccc(Br)c1)C(=N)N. The van der Waals surface area contributed by atoms with E-state index in [-0.39, 0.29) is 11.3 Å². The summed E-state index contributed by atoms with van der Waals surface area (Å²) in [7, 11) is 0. The molecule has 0 bridgehead atoms. The monoisotopic (exact) mass is 312 g/mol. The van der Waals surface area contributed by atoms with Crippen LogP contribution in [0.3, 0.4) is 0 Å². The van der Waals surface area contributed by atoms with Gasteiger partial charge in [-0.3, -0.25) is 5.41 Å². The van der Waals surface area contributed by atoms with Gasteiger partial charge >= 0.3 is 0 Å². The first-order valence-electron chi connectivity index (χ1n) is 6.15. The molecule has 0 unspecified atom stereocenters. The zero-order valence-corrected chi connectivity index (χ0v) is 12.6. The van der Waals surface area contributed by atoms with Crippen LogP contribution in [0.15, 0.2) is 28.7 Å². The predicted molar refractivity (Wildman–Crippen MR) is 79.2 cm³/mol. The van der Waals surface area contributed by atoms with Crippen LogP contribution in [0.2, 0.25) is 0 Å². The number of nitrogens with one attached hydrogen (secondary N) is 1. The van der Waals surface area contributed by atoms with Crippen LogP contribution >= 0.6 is 15.9 Å².